The summed E-state index contributed by atoms with van der Waals surface area (Å²) in [5, 5.41) is 9.15. The molecule has 0 saturated heterocycles. The smallest absolute Gasteiger partial charge is 0.153 e. The van der Waals surface area contributed by atoms with Crippen molar-refractivity contribution in [3.8, 4) is 6.07 Å². The van der Waals surface area contributed by atoms with E-state index < -0.39 is 5.41 Å². The minimum Gasteiger partial charge on any atom is -0.298 e. The first-order valence-electron chi connectivity index (χ1n) is 5.36. The summed E-state index contributed by atoms with van der Waals surface area (Å²) in [5.41, 5.74) is -0.526. The lowest BCUT2D eigenvalue weighted by atomic mass is 9.80. The van der Waals surface area contributed by atoms with Crippen molar-refractivity contribution in [3.63, 3.8) is 0 Å². The molecule has 2 rings (SSSR count). The topological polar surface area (TPSA) is 40.9 Å². The van der Waals surface area contributed by atoms with Gasteiger partial charge in [-0.15, -0.1) is 0 Å². The number of hydrogen-bond acceptors (Lipinski definition) is 2. The van der Waals surface area contributed by atoms with E-state index in [0.29, 0.717) is 18.4 Å². The predicted molar refractivity (Wildman–Crippen MR) is 57.0 cm³/mol. The largest absolute Gasteiger partial charge is 0.298 e. The van der Waals surface area contributed by atoms with Gasteiger partial charge in [0.15, 0.2) is 5.78 Å². The van der Waals surface area contributed by atoms with E-state index in [9.17, 15) is 9.18 Å². The van der Waals surface area contributed by atoms with Crippen LogP contribution in [0.1, 0.15) is 24.8 Å². The molecule has 1 aromatic rings. The molecule has 0 aliphatic heterocycles. The molecule has 0 heterocycles. The predicted octanol–water partition coefficient (Wildman–Crippen LogP) is 2.63. The highest BCUT2D eigenvalue weighted by atomic mass is 19.1. The minimum absolute atomic E-state index is 0.0433. The number of carbonyl (C=O) groups excluding carboxylic acids is 1. The van der Waals surface area contributed by atoms with Gasteiger partial charge in [-0.2, -0.15) is 5.26 Å². The molecule has 1 fully saturated rings. The molecule has 0 N–H and O–H groups in total. The van der Waals surface area contributed by atoms with E-state index in [-0.39, 0.29) is 18.0 Å². The van der Waals surface area contributed by atoms with Gasteiger partial charge in [-0.25, -0.2) is 4.39 Å². The molecular weight excluding hydrogens is 205 g/mol. The van der Waals surface area contributed by atoms with Gasteiger partial charge in [0.05, 0.1) is 6.07 Å². The Hall–Kier alpha value is -1.69. The number of nitriles is 1. The Bertz CT molecular complexity index is 463. The molecular formula is C13H12FNO. The van der Waals surface area contributed by atoms with Crippen molar-refractivity contribution in [2.45, 2.75) is 25.7 Å². The fraction of sp³-hybridized carbons (Fsp3) is 0.385. The molecule has 0 radical (unpaired) electrons. The highest BCUT2D eigenvalue weighted by molar-refractivity contribution is 5.89. The van der Waals surface area contributed by atoms with Crippen molar-refractivity contribution >= 4 is 5.78 Å². The number of Topliss-reactive ketones (excluding diaryl/α,β-unsaturated/α-hetero) is 1. The molecule has 1 unspecified atom stereocenters. The average Bonchev–Trinajstić information content (AvgIpc) is 2.64. The Labute approximate surface area is 93.7 Å². The van der Waals surface area contributed by atoms with Crippen molar-refractivity contribution in [3.05, 3.63) is 35.6 Å². The summed E-state index contributed by atoms with van der Waals surface area (Å²) < 4.78 is 13.5. The molecule has 0 bridgehead atoms. The van der Waals surface area contributed by atoms with Crippen LogP contribution in [0.2, 0.25) is 0 Å². The van der Waals surface area contributed by atoms with Crippen molar-refractivity contribution in [1.29, 1.82) is 5.26 Å². The molecule has 1 aliphatic rings. The van der Waals surface area contributed by atoms with Crippen LogP contribution in [0.25, 0.3) is 0 Å². The highest BCUT2D eigenvalue weighted by Gasteiger charge is 2.42. The fourth-order valence-electron chi connectivity index (χ4n) is 2.24. The third kappa shape index (κ3) is 1.71. The third-order valence-corrected chi connectivity index (χ3v) is 3.21. The van der Waals surface area contributed by atoms with Crippen LogP contribution in [0, 0.1) is 22.6 Å². The lowest BCUT2D eigenvalue weighted by Crippen LogP contribution is -2.26. The normalized spacial score (nSPS) is 24.4. The number of halogens is 1. The van der Waals surface area contributed by atoms with Gasteiger partial charge in [0, 0.05) is 12.8 Å². The van der Waals surface area contributed by atoms with Crippen molar-refractivity contribution < 1.29 is 9.18 Å². The first-order chi connectivity index (χ1) is 7.68. The van der Waals surface area contributed by atoms with Gasteiger partial charge in [-0.05, 0) is 24.5 Å². The number of benzene rings is 1. The van der Waals surface area contributed by atoms with Gasteiger partial charge in [0.2, 0.25) is 0 Å². The van der Waals surface area contributed by atoms with Gasteiger partial charge >= 0.3 is 0 Å². The van der Waals surface area contributed by atoms with E-state index in [0.717, 1.165) is 6.42 Å². The molecule has 1 aromatic carbocycles. The van der Waals surface area contributed by atoms with Crippen LogP contribution in [-0.2, 0) is 11.2 Å². The Balaban J connectivity index is 2.30. The maximum absolute atomic E-state index is 13.5. The fourth-order valence-corrected chi connectivity index (χ4v) is 2.24. The summed E-state index contributed by atoms with van der Waals surface area (Å²) in [7, 11) is 0. The third-order valence-electron chi connectivity index (χ3n) is 3.21. The molecule has 0 amide bonds. The van der Waals surface area contributed by atoms with Gasteiger partial charge in [-0.3, -0.25) is 4.79 Å². The van der Waals surface area contributed by atoms with Gasteiger partial charge in [0.1, 0.15) is 11.2 Å². The van der Waals surface area contributed by atoms with Gasteiger partial charge < -0.3 is 0 Å². The lowest BCUT2D eigenvalue weighted by molar-refractivity contribution is -0.123. The van der Waals surface area contributed by atoms with Crippen molar-refractivity contribution in [1.82, 2.24) is 0 Å². The van der Waals surface area contributed by atoms with E-state index >= 15 is 0 Å². The van der Waals surface area contributed by atoms with Crippen LogP contribution in [-0.4, -0.2) is 5.78 Å². The van der Waals surface area contributed by atoms with Crippen molar-refractivity contribution in [2.75, 3.05) is 0 Å². The van der Waals surface area contributed by atoms with Crippen LogP contribution in [0.4, 0.5) is 4.39 Å². The zero-order valence-electron chi connectivity index (χ0n) is 8.87. The first-order valence-corrected chi connectivity index (χ1v) is 5.36. The maximum Gasteiger partial charge on any atom is 0.153 e. The number of nitrogens with zero attached hydrogens (tertiary/aromatic N) is 1. The van der Waals surface area contributed by atoms with Crippen LogP contribution >= 0.6 is 0 Å². The Morgan fingerprint density at radius 1 is 1.44 bits per heavy atom. The van der Waals surface area contributed by atoms with Crippen LogP contribution in [0.5, 0.6) is 0 Å². The van der Waals surface area contributed by atoms with Gasteiger partial charge in [-0.1, -0.05) is 18.2 Å². The van der Waals surface area contributed by atoms with Gasteiger partial charge in [0.25, 0.3) is 0 Å². The van der Waals surface area contributed by atoms with Crippen molar-refractivity contribution in [2.24, 2.45) is 5.41 Å². The number of carbonyl (C=O) groups is 1. The summed E-state index contributed by atoms with van der Waals surface area (Å²) in [6, 6.07) is 8.42. The molecule has 16 heavy (non-hydrogen) atoms. The summed E-state index contributed by atoms with van der Waals surface area (Å²) in [6.45, 7) is 0. The molecule has 0 spiro atoms. The molecule has 3 heteroatoms. The molecule has 0 aromatic heterocycles. The zero-order valence-corrected chi connectivity index (χ0v) is 8.87. The Morgan fingerprint density at radius 2 is 2.19 bits per heavy atom. The quantitative estimate of drug-likeness (QED) is 0.764. The summed E-state index contributed by atoms with van der Waals surface area (Å²) in [4.78, 5) is 11.7. The first kappa shape index (κ1) is 10.8. The number of rotatable bonds is 2. The summed E-state index contributed by atoms with van der Waals surface area (Å²) >= 11 is 0. The lowest BCUT2D eigenvalue weighted by Gasteiger charge is -2.18. The standard InChI is InChI=1S/C13H12FNO/c14-11-5-2-1-4-10(11)8-13(9-15)7-3-6-12(13)16/h1-2,4-5H,3,6-8H2. The maximum atomic E-state index is 13.5. The van der Waals surface area contributed by atoms with E-state index in [1.165, 1.54) is 6.07 Å². The van der Waals surface area contributed by atoms with Crippen LogP contribution in [0.15, 0.2) is 24.3 Å². The Kier molecular flexibility index (Phi) is 2.74. The second kappa shape index (κ2) is 4.05. The minimum atomic E-state index is -0.984. The molecule has 1 aliphatic carbocycles. The van der Waals surface area contributed by atoms with E-state index in [4.69, 9.17) is 5.26 Å². The van der Waals surface area contributed by atoms with E-state index in [2.05, 4.69) is 6.07 Å². The Morgan fingerprint density at radius 3 is 2.75 bits per heavy atom. The number of ketones is 1. The molecule has 2 nitrogen and oxygen atoms in total. The highest BCUT2D eigenvalue weighted by Crippen LogP contribution is 2.37. The molecule has 1 saturated carbocycles. The molecule has 1 atom stereocenters. The average molecular weight is 217 g/mol. The monoisotopic (exact) mass is 217 g/mol. The van der Waals surface area contributed by atoms with Crippen LogP contribution < -0.4 is 0 Å². The summed E-state index contributed by atoms with van der Waals surface area (Å²) in [6.07, 6.45) is 1.94. The molecule has 82 valence electrons. The van der Waals surface area contributed by atoms with E-state index in [1.54, 1.807) is 18.2 Å². The number of hydrogen-bond donors (Lipinski definition) is 0. The SMILES string of the molecule is N#CC1(Cc2ccccc2F)CCCC1=O. The van der Waals surface area contributed by atoms with E-state index in [1.807, 2.05) is 0 Å². The van der Waals surface area contributed by atoms with Crippen LogP contribution in [0.3, 0.4) is 0 Å². The zero-order chi connectivity index (χ0) is 11.6. The second-order valence-electron chi connectivity index (χ2n) is 4.24. The second-order valence-corrected chi connectivity index (χ2v) is 4.24. The summed E-state index contributed by atoms with van der Waals surface area (Å²) in [5.74, 6) is -0.380.